The van der Waals surface area contributed by atoms with Crippen molar-refractivity contribution in [1.29, 1.82) is 0 Å². The molecule has 0 saturated carbocycles. The lowest BCUT2D eigenvalue weighted by molar-refractivity contribution is 0.518. The van der Waals surface area contributed by atoms with Crippen LogP contribution >= 0.6 is 11.8 Å². The van der Waals surface area contributed by atoms with Gasteiger partial charge in [0.25, 0.3) is 0 Å². The van der Waals surface area contributed by atoms with E-state index < -0.39 is 0 Å². The van der Waals surface area contributed by atoms with E-state index in [0.29, 0.717) is 5.25 Å². The van der Waals surface area contributed by atoms with Crippen LogP contribution < -0.4 is 0 Å². The molecule has 2 heterocycles. The van der Waals surface area contributed by atoms with Crippen LogP contribution in [0.25, 0.3) is 0 Å². The Bertz CT molecular complexity index is 548. The van der Waals surface area contributed by atoms with Crippen molar-refractivity contribution in [3.63, 3.8) is 0 Å². The Morgan fingerprint density at radius 2 is 2.26 bits per heavy atom. The fourth-order valence-electron chi connectivity index (χ4n) is 2.29. The summed E-state index contributed by atoms with van der Waals surface area (Å²) in [5.41, 5.74) is 1.03. The number of thioether (sulfide) groups is 1. The topological polar surface area (TPSA) is 28.0 Å². The molecule has 0 radical (unpaired) electrons. The van der Waals surface area contributed by atoms with E-state index >= 15 is 0 Å². The lowest BCUT2D eigenvalue weighted by Gasteiger charge is -2.28. The molecule has 1 atom stereocenters. The highest BCUT2D eigenvalue weighted by Crippen LogP contribution is 2.36. The van der Waals surface area contributed by atoms with E-state index in [1.165, 1.54) is 17.7 Å². The summed E-state index contributed by atoms with van der Waals surface area (Å²) in [5.74, 6) is 0.802. The third-order valence-corrected chi connectivity index (χ3v) is 4.51. The van der Waals surface area contributed by atoms with Gasteiger partial charge in [-0.05, 0) is 24.6 Å². The molecule has 0 fully saturated rings. The summed E-state index contributed by atoms with van der Waals surface area (Å²) in [7, 11) is 0. The van der Waals surface area contributed by atoms with E-state index in [2.05, 4.69) is 46.2 Å². The van der Waals surface area contributed by atoms with Crippen molar-refractivity contribution in [2.45, 2.75) is 29.9 Å². The average molecular weight is 271 g/mol. The first-order valence-corrected chi connectivity index (χ1v) is 7.56. The van der Waals surface area contributed by atoms with Gasteiger partial charge in [0, 0.05) is 29.1 Å². The van der Waals surface area contributed by atoms with E-state index in [4.69, 9.17) is 0 Å². The molecule has 3 nitrogen and oxygen atoms in total. The van der Waals surface area contributed by atoms with Crippen molar-refractivity contribution in [1.82, 2.24) is 4.90 Å². The minimum absolute atomic E-state index is 0.578. The summed E-state index contributed by atoms with van der Waals surface area (Å²) in [5, 5.41) is 0.578. The molecule has 1 unspecified atom stereocenters. The highest BCUT2D eigenvalue weighted by atomic mass is 32.2. The van der Waals surface area contributed by atoms with Crippen LogP contribution in [0.1, 0.15) is 19.8 Å². The number of hydrogen-bond acceptors (Lipinski definition) is 4. The van der Waals surface area contributed by atoms with Gasteiger partial charge < -0.3 is 4.90 Å². The predicted molar refractivity (Wildman–Crippen MR) is 82.4 cm³/mol. The van der Waals surface area contributed by atoms with Crippen LogP contribution in [0.3, 0.4) is 0 Å². The van der Waals surface area contributed by atoms with Crippen LogP contribution in [0.2, 0.25) is 0 Å². The van der Waals surface area contributed by atoms with Gasteiger partial charge in [-0.25, -0.2) is 9.98 Å². The van der Waals surface area contributed by atoms with Crippen molar-refractivity contribution >= 4 is 29.6 Å². The summed E-state index contributed by atoms with van der Waals surface area (Å²) in [6.07, 6.45) is 8.26. The Kier molecular flexibility index (Phi) is 3.69. The number of para-hydroxylation sites is 1. The summed E-state index contributed by atoms with van der Waals surface area (Å²) in [6, 6.07) is 8.34. The Morgan fingerprint density at radius 3 is 3.16 bits per heavy atom. The van der Waals surface area contributed by atoms with Gasteiger partial charge in [0.15, 0.2) is 0 Å². The number of nitrogens with zero attached hydrogens (tertiary/aromatic N) is 3. The van der Waals surface area contributed by atoms with Crippen LogP contribution in [0.15, 0.2) is 51.4 Å². The predicted octanol–water partition coefficient (Wildman–Crippen LogP) is 3.85. The van der Waals surface area contributed by atoms with Crippen LogP contribution in [-0.2, 0) is 0 Å². The van der Waals surface area contributed by atoms with Crippen LogP contribution in [-0.4, -0.2) is 28.9 Å². The SMILES string of the molecule is CCCC1CN2C=CC=N/C2=N/c2ccccc2S1. The molecule has 0 N–H and O–H groups in total. The first kappa shape index (κ1) is 12.5. The van der Waals surface area contributed by atoms with Crippen molar-refractivity contribution in [2.75, 3.05) is 6.54 Å². The van der Waals surface area contributed by atoms with Gasteiger partial charge in [-0.2, -0.15) is 0 Å². The Morgan fingerprint density at radius 1 is 1.37 bits per heavy atom. The monoisotopic (exact) mass is 271 g/mol. The normalized spacial score (nSPS) is 23.9. The zero-order valence-corrected chi connectivity index (χ0v) is 11.8. The standard InChI is InChI=1S/C15H17N3S/c1-2-6-12-11-18-10-5-9-16-15(18)17-13-7-3-4-8-14(13)19-12/h3-5,7-10,12H,2,6,11H2,1H3/b17-15-. The highest BCUT2D eigenvalue weighted by Gasteiger charge is 2.21. The summed E-state index contributed by atoms with van der Waals surface area (Å²) >= 11 is 1.94. The van der Waals surface area contributed by atoms with Crippen LogP contribution in [0.4, 0.5) is 5.69 Å². The fourth-order valence-corrected chi connectivity index (χ4v) is 3.63. The number of aliphatic imine (C=N–C) groups is 2. The molecular weight excluding hydrogens is 254 g/mol. The van der Waals surface area contributed by atoms with E-state index in [0.717, 1.165) is 18.2 Å². The number of hydrogen-bond donors (Lipinski definition) is 0. The van der Waals surface area contributed by atoms with E-state index in [1.807, 2.05) is 30.1 Å². The van der Waals surface area contributed by atoms with E-state index in [9.17, 15) is 0 Å². The highest BCUT2D eigenvalue weighted by molar-refractivity contribution is 8.00. The third kappa shape index (κ3) is 2.73. The Balaban J connectivity index is 2.01. The molecule has 0 amide bonds. The van der Waals surface area contributed by atoms with Crippen molar-refractivity contribution < 1.29 is 0 Å². The second-order valence-electron chi connectivity index (χ2n) is 4.68. The number of allylic oxidation sites excluding steroid dienone is 1. The summed E-state index contributed by atoms with van der Waals surface area (Å²) in [4.78, 5) is 12.5. The minimum Gasteiger partial charge on any atom is -0.316 e. The van der Waals surface area contributed by atoms with Gasteiger partial charge in [-0.3, -0.25) is 0 Å². The second-order valence-corrected chi connectivity index (χ2v) is 6.02. The van der Waals surface area contributed by atoms with E-state index in [1.54, 1.807) is 0 Å². The smallest absolute Gasteiger partial charge is 0.229 e. The molecule has 19 heavy (non-hydrogen) atoms. The molecule has 0 aliphatic carbocycles. The van der Waals surface area contributed by atoms with Crippen molar-refractivity contribution in [2.24, 2.45) is 9.98 Å². The molecule has 0 aromatic heterocycles. The van der Waals surface area contributed by atoms with Gasteiger partial charge in [0.1, 0.15) is 0 Å². The van der Waals surface area contributed by atoms with Crippen molar-refractivity contribution in [3.05, 3.63) is 36.5 Å². The first-order valence-electron chi connectivity index (χ1n) is 6.68. The molecule has 0 spiro atoms. The molecule has 1 aromatic rings. The maximum Gasteiger partial charge on any atom is 0.229 e. The average Bonchev–Trinajstić information content (AvgIpc) is 2.41. The molecule has 0 bridgehead atoms. The lowest BCUT2D eigenvalue weighted by Crippen LogP contribution is -2.33. The second kappa shape index (κ2) is 5.61. The molecule has 0 saturated heterocycles. The zero-order valence-electron chi connectivity index (χ0n) is 11.0. The Hall–Kier alpha value is -1.55. The zero-order chi connectivity index (χ0) is 13.1. The lowest BCUT2D eigenvalue weighted by atomic mass is 10.2. The number of guanidine groups is 1. The maximum absolute atomic E-state index is 4.69. The largest absolute Gasteiger partial charge is 0.316 e. The number of fused-ring (bicyclic) bond motifs is 2. The van der Waals surface area contributed by atoms with Crippen LogP contribution in [0, 0.1) is 0 Å². The van der Waals surface area contributed by atoms with Crippen molar-refractivity contribution in [3.8, 4) is 0 Å². The molecule has 4 heteroatoms. The molecule has 1 aromatic carbocycles. The number of benzene rings is 1. The Labute approximate surface area is 118 Å². The first-order chi connectivity index (χ1) is 9.36. The molecule has 3 rings (SSSR count). The van der Waals surface area contributed by atoms with Gasteiger partial charge in [-0.15, -0.1) is 11.8 Å². The van der Waals surface area contributed by atoms with Gasteiger partial charge in [0.05, 0.1) is 5.69 Å². The fraction of sp³-hybridized carbons (Fsp3) is 0.333. The summed E-state index contributed by atoms with van der Waals surface area (Å²) in [6.45, 7) is 3.21. The van der Waals surface area contributed by atoms with Crippen LogP contribution in [0.5, 0.6) is 0 Å². The maximum atomic E-state index is 4.69. The van der Waals surface area contributed by atoms with Gasteiger partial charge in [-0.1, -0.05) is 25.5 Å². The third-order valence-electron chi connectivity index (χ3n) is 3.19. The summed E-state index contributed by atoms with van der Waals surface area (Å²) < 4.78 is 0. The minimum atomic E-state index is 0.578. The molecular formula is C15H17N3S. The number of rotatable bonds is 2. The molecule has 2 aliphatic heterocycles. The van der Waals surface area contributed by atoms with Gasteiger partial charge in [0.2, 0.25) is 5.96 Å². The van der Waals surface area contributed by atoms with E-state index in [-0.39, 0.29) is 0 Å². The quantitative estimate of drug-likeness (QED) is 0.817. The molecule has 2 aliphatic rings. The molecule has 98 valence electrons. The van der Waals surface area contributed by atoms with Gasteiger partial charge >= 0.3 is 0 Å².